The molecule has 0 aliphatic heterocycles. The highest BCUT2D eigenvalue weighted by Crippen LogP contribution is 2.22. The minimum atomic E-state index is 1.01. The molecule has 0 spiro atoms. The van der Waals surface area contributed by atoms with Crippen LogP contribution in [0, 0.1) is 0 Å². The van der Waals surface area contributed by atoms with Crippen molar-refractivity contribution in [2.45, 2.75) is 5.75 Å². The largest absolute Gasteiger partial charge is 0.153 e. The highest BCUT2D eigenvalue weighted by molar-refractivity contribution is 8.77. The van der Waals surface area contributed by atoms with Crippen molar-refractivity contribution in [3.8, 4) is 0 Å². The van der Waals surface area contributed by atoms with E-state index in [1.807, 2.05) is 28.6 Å². The van der Waals surface area contributed by atoms with E-state index >= 15 is 0 Å². The summed E-state index contributed by atoms with van der Waals surface area (Å²) < 4.78 is 0. The average molecular weight is 268 g/mol. The van der Waals surface area contributed by atoms with E-state index in [-0.39, 0.29) is 0 Å². The third kappa shape index (κ3) is 7.09. The summed E-state index contributed by atoms with van der Waals surface area (Å²) in [5, 5.41) is 2.16. The Bertz CT molecular complexity index is 306. The van der Waals surface area contributed by atoms with Crippen LogP contribution in [0.25, 0.3) is 0 Å². The Morgan fingerprint density at radius 2 is 1.94 bits per heavy atom. The fraction of sp³-hybridized carbons (Fsp3) is 0.231. The van der Waals surface area contributed by atoms with Crippen molar-refractivity contribution in [2.75, 3.05) is 11.5 Å². The summed E-state index contributed by atoms with van der Waals surface area (Å²) in [7, 11) is 3.59. The lowest BCUT2D eigenvalue weighted by molar-refractivity contribution is 1.41. The molecule has 1 aromatic rings. The van der Waals surface area contributed by atoms with Crippen molar-refractivity contribution in [1.29, 1.82) is 0 Å². The maximum atomic E-state index is 3.68. The Labute approximate surface area is 110 Å². The number of rotatable bonds is 8. The molecule has 0 aliphatic rings. The summed E-state index contributed by atoms with van der Waals surface area (Å²) in [5.74, 6) is 3.18. The van der Waals surface area contributed by atoms with Crippen LogP contribution in [-0.4, -0.2) is 11.5 Å². The van der Waals surface area contributed by atoms with Gasteiger partial charge in [0.1, 0.15) is 0 Å². The molecule has 0 bridgehead atoms. The fourth-order valence-corrected chi connectivity index (χ4v) is 3.35. The summed E-state index contributed by atoms with van der Waals surface area (Å²) in [6.07, 6.45) is 4.14. The van der Waals surface area contributed by atoms with Crippen molar-refractivity contribution in [3.63, 3.8) is 0 Å². The molecule has 0 fully saturated rings. The van der Waals surface area contributed by atoms with Crippen LogP contribution in [0.1, 0.15) is 5.56 Å². The van der Waals surface area contributed by atoms with Crippen LogP contribution in [0.4, 0.5) is 0 Å². The van der Waals surface area contributed by atoms with Gasteiger partial charge >= 0.3 is 0 Å². The first kappa shape index (κ1) is 13.8. The molecule has 0 radical (unpaired) electrons. The molecule has 0 atom stereocenters. The standard InChI is InChI=1S/C13H16S3/c1-2-9-15-16-11-6-10-14-12-13-7-4-3-5-8-13/h2-8,11H,1,9-10,12H2/b11-6-. The maximum Gasteiger partial charge on any atom is 0.0218 e. The summed E-state index contributed by atoms with van der Waals surface area (Å²) >= 11 is 1.94. The molecule has 0 N–H and O–H groups in total. The summed E-state index contributed by atoms with van der Waals surface area (Å²) in [5.41, 5.74) is 1.40. The normalized spacial score (nSPS) is 10.8. The first-order valence-electron chi connectivity index (χ1n) is 5.09. The van der Waals surface area contributed by atoms with Gasteiger partial charge in [0, 0.05) is 17.3 Å². The van der Waals surface area contributed by atoms with E-state index < -0.39 is 0 Å². The first-order chi connectivity index (χ1) is 7.93. The van der Waals surface area contributed by atoms with Crippen LogP contribution in [0.3, 0.4) is 0 Å². The Kier molecular flexibility index (Phi) is 8.58. The van der Waals surface area contributed by atoms with Crippen LogP contribution in [-0.2, 0) is 5.75 Å². The van der Waals surface area contributed by atoms with Crippen molar-refractivity contribution < 1.29 is 0 Å². The van der Waals surface area contributed by atoms with Gasteiger partial charge in [-0.1, -0.05) is 64.1 Å². The van der Waals surface area contributed by atoms with Gasteiger partial charge in [-0.15, -0.1) is 6.58 Å². The van der Waals surface area contributed by atoms with E-state index in [2.05, 4.69) is 48.4 Å². The van der Waals surface area contributed by atoms with E-state index in [1.165, 1.54) is 5.56 Å². The Morgan fingerprint density at radius 1 is 1.12 bits per heavy atom. The molecular formula is C13H16S3. The zero-order valence-electron chi connectivity index (χ0n) is 9.17. The van der Waals surface area contributed by atoms with Gasteiger partial charge in [0.2, 0.25) is 0 Å². The molecule has 0 aliphatic carbocycles. The first-order valence-corrected chi connectivity index (χ1v) is 8.63. The van der Waals surface area contributed by atoms with Gasteiger partial charge < -0.3 is 0 Å². The monoisotopic (exact) mass is 268 g/mol. The Hall–Kier alpha value is -0.250. The van der Waals surface area contributed by atoms with Crippen LogP contribution < -0.4 is 0 Å². The molecule has 0 saturated heterocycles. The predicted molar refractivity (Wildman–Crippen MR) is 82.0 cm³/mol. The summed E-state index contributed by atoms with van der Waals surface area (Å²) in [6, 6.07) is 10.6. The average Bonchev–Trinajstić information content (AvgIpc) is 2.34. The van der Waals surface area contributed by atoms with E-state index in [1.54, 1.807) is 10.8 Å². The molecule has 16 heavy (non-hydrogen) atoms. The van der Waals surface area contributed by atoms with Gasteiger partial charge in [-0.3, -0.25) is 0 Å². The van der Waals surface area contributed by atoms with E-state index in [0.717, 1.165) is 17.3 Å². The molecule has 1 aromatic carbocycles. The van der Waals surface area contributed by atoms with Crippen molar-refractivity contribution in [3.05, 3.63) is 60.0 Å². The zero-order valence-corrected chi connectivity index (χ0v) is 11.6. The molecule has 3 heteroatoms. The SMILES string of the molecule is C=CCSS/C=C\CSCc1ccccc1. The minimum absolute atomic E-state index is 1.01. The van der Waals surface area contributed by atoms with Gasteiger partial charge in [-0.25, -0.2) is 0 Å². The predicted octanol–water partition coefficient (Wildman–Crippen LogP) is 5.00. The van der Waals surface area contributed by atoms with E-state index in [9.17, 15) is 0 Å². The second-order valence-electron chi connectivity index (χ2n) is 3.04. The van der Waals surface area contributed by atoms with Gasteiger partial charge in [0.25, 0.3) is 0 Å². The quantitative estimate of drug-likeness (QED) is 0.370. The van der Waals surface area contributed by atoms with Gasteiger partial charge in [0.05, 0.1) is 0 Å². The maximum absolute atomic E-state index is 3.68. The number of benzene rings is 1. The molecule has 1 rings (SSSR count). The lowest BCUT2D eigenvalue weighted by Gasteiger charge is -1.98. The molecule has 0 heterocycles. The van der Waals surface area contributed by atoms with Crippen molar-refractivity contribution in [2.24, 2.45) is 0 Å². The molecule has 0 saturated carbocycles. The number of hydrogen-bond acceptors (Lipinski definition) is 3. The second-order valence-corrected chi connectivity index (χ2v) is 6.39. The number of thioether (sulfide) groups is 1. The highest BCUT2D eigenvalue weighted by Gasteiger charge is 1.89. The molecule has 0 aromatic heterocycles. The number of hydrogen-bond donors (Lipinski definition) is 0. The second kappa shape index (κ2) is 9.94. The third-order valence-corrected chi connectivity index (χ3v) is 4.66. The van der Waals surface area contributed by atoms with Gasteiger partial charge in [-0.05, 0) is 11.0 Å². The fourth-order valence-electron chi connectivity index (χ4n) is 1.02. The highest BCUT2D eigenvalue weighted by atomic mass is 33.1. The summed E-state index contributed by atoms with van der Waals surface area (Å²) in [6.45, 7) is 3.68. The van der Waals surface area contributed by atoms with Gasteiger partial charge in [0.15, 0.2) is 0 Å². The van der Waals surface area contributed by atoms with Crippen LogP contribution in [0.15, 0.2) is 54.5 Å². The lowest BCUT2D eigenvalue weighted by atomic mass is 10.2. The topological polar surface area (TPSA) is 0 Å². The third-order valence-electron chi connectivity index (χ3n) is 1.73. The van der Waals surface area contributed by atoms with Crippen LogP contribution in [0.5, 0.6) is 0 Å². The lowest BCUT2D eigenvalue weighted by Crippen LogP contribution is -1.79. The van der Waals surface area contributed by atoms with E-state index in [4.69, 9.17) is 0 Å². The Morgan fingerprint density at radius 3 is 2.69 bits per heavy atom. The Balaban J connectivity index is 2.01. The molecular weight excluding hydrogens is 252 g/mol. The minimum Gasteiger partial charge on any atom is -0.153 e. The molecule has 86 valence electrons. The molecule has 0 nitrogen and oxygen atoms in total. The zero-order chi connectivity index (χ0) is 11.5. The van der Waals surface area contributed by atoms with Crippen molar-refractivity contribution in [1.82, 2.24) is 0 Å². The summed E-state index contributed by atoms with van der Waals surface area (Å²) in [4.78, 5) is 0. The van der Waals surface area contributed by atoms with Crippen LogP contribution >= 0.6 is 33.3 Å². The van der Waals surface area contributed by atoms with Crippen molar-refractivity contribution >= 4 is 33.3 Å². The van der Waals surface area contributed by atoms with Gasteiger partial charge in [-0.2, -0.15) is 11.8 Å². The smallest absolute Gasteiger partial charge is 0.0218 e. The van der Waals surface area contributed by atoms with Crippen LogP contribution in [0.2, 0.25) is 0 Å². The van der Waals surface area contributed by atoms with E-state index in [0.29, 0.717) is 0 Å². The molecule has 0 unspecified atom stereocenters. The molecule has 0 amide bonds.